The molecule has 12 heavy (non-hydrogen) atoms. The molecule has 0 aromatic heterocycles. The molecule has 1 fully saturated rings. The van der Waals surface area contributed by atoms with E-state index in [0.29, 0.717) is 12.1 Å². The Morgan fingerprint density at radius 3 is 2.25 bits per heavy atom. The summed E-state index contributed by atoms with van der Waals surface area (Å²) in [5.41, 5.74) is 6.31. The van der Waals surface area contributed by atoms with Crippen LogP contribution in [0.15, 0.2) is 0 Å². The SMILES string of the molecule is CCOC1CC(N)C1(CC)CC. The predicted octanol–water partition coefficient (Wildman–Crippen LogP) is 1.93. The van der Waals surface area contributed by atoms with Gasteiger partial charge < -0.3 is 10.5 Å². The van der Waals surface area contributed by atoms with Crippen molar-refractivity contribution in [3.8, 4) is 0 Å². The molecule has 0 aromatic rings. The molecule has 0 saturated heterocycles. The average Bonchev–Trinajstić information content (AvgIpc) is 2.07. The maximum absolute atomic E-state index is 6.02. The smallest absolute Gasteiger partial charge is 0.0660 e. The highest BCUT2D eigenvalue weighted by atomic mass is 16.5. The van der Waals surface area contributed by atoms with Crippen molar-refractivity contribution in [3.05, 3.63) is 0 Å². The highest BCUT2D eigenvalue weighted by molar-refractivity contribution is 5.05. The van der Waals surface area contributed by atoms with Crippen LogP contribution >= 0.6 is 0 Å². The van der Waals surface area contributed by atoms with E-state index in [1.165, 1.54) is 0 Å². The van der Waals surface area contributed by atoms with Gasteiger partial charge in [-0.3, -0.25) is 0 Å². The highest BCUT2D eigenvalue weighted by Crippen LogP contribution is 2.47. The van der Waals surface area contributed by atoms with Crippen molar-refractivity contribution in [2.45, 2.75) is 52.2 Å². The molecule has 1 rings (SSSR count). The van der Waals surface area contributed by atoms with Crippen molar-refractivity contribution in [3.63, 3.8) is 0 Å². The van der Waals surface area contributed by atoms with E-state index in [1.54, 1.807) is 0 Å². The fraction of sp³-hybridized carbons (Fsp3) is 1.00. The number of hydrogen-bond acceptors (Lipinski definition) is 2. The van der Waals surface area contributed by atoms with Crippen molar-refractivity contribution >= 4 is 0 Å². The van der Waals surface area contributed by atoms with Gasteiger partial charge in [0.25, 0.3) is 0 Å². The van der Waals surface area contributed by atoms with Gasteiger partial charge in [-0.25, -0.2) is 0 Å². The summed E-state index contributed by atoms with van der Waals surface area (Å²) in [7, 11) is 0. The van der Waals surface area contributed by atoms with Crippen LogP contribution in [0.4, 0.5) is 0 Å². The summed E-state index contributed by atoms with van der Waals surface area (Å²) in [6.07, 6.45) is 3.77. The summed E-state index contributed by atoms with van der Waals surface area (Å²) in [6.45, 7) is 7.31. The van der Waals surface area contributed by atoms with E-state index in [2.05, 4.69) is 20.8 Å². The lowest BCUT2D eigenvalue weighted by atomic mass is 9.59. The fourth-order valence-corrected chi connectivity index (χ4v) is 2.44. The van der Waals surface area contributed by atoms with Crippen LogP contribution in [-0.4, -0.2) is 18.8 Å². The Kier molecular flexibility index (Phi) is 3.13. The molecule has 0 heterocycles. The van der Waals surface area contributed by atoms with E-state index in [-0.39, 0.29) is 5.41 Å². The van der Waals surface area contributed by atoms with Gasteiger partial charge >= 0.3 is 0 Å². The molecule has 0 radical (unpaired) electrons. The van der Waals surface area contributed by atoms with Crippen LogP contribution in [-0.2, 0) is 4.74 Å². The van der Waals surface area contributed by atoms with Gasteiger partial charge in [-0.15, -0.1) is 0 Å². The Balaban J connectivity index is 2.56. The van der Waals surface area contributed by atoms with E-state index >= 15 is 0 Å². The molecule has 0 bridgehead atoms. The minimum Gasteiger partial charge on any atom is -0.378 e. The largest absolute Gasteiger partial charge is 0.378 e. The first-order chi connectivity index (χ1) is 5.71. The van der Waals surface area contributed by atoms with Crippen LogP contribution in [0.5, 0.6) is 0 Å². The lowest BCUT2D eigenvalue weighted by molar-refractivity contribution is -0.127. The lowest BCUT2D eigenvalue weighted by Crippen LogP contribution is -2.61. The molecule has 0 spiro atoms. The maximum Gasteiger partial charge on any atom is 0.0660 e. The van der Waals surface area contributed by atoms with E-state index < -0.39 is 0 Å². The van der Waals surface area contributed by atoms with Gasteiger partial charge in [0.15, 0.2) is 0 Å². The molecule has 2 N–H and O–H groups in total. The first kappa shape index (κ1) is 10.0. The normalized spacial score (nSPS) is 33.0. The molecular formula is C10H21NO. The molecule has 2 nitrogen and oxygen atoms in total. The van der Waals surface area contributed by atoms with Crippen molar-refractivity contribution in [2.24, 2.45) is 11.1 Å². The number of ether oxygens (including phenoxy) is 1. The number of hydrogen-bond donors (Lipinski definition) is 1. The van der Waals surface area contributed by atoms with Crippen LogP contribution in [0.1, 0.15) is 40.0 Å². The van der Waals surface area contributed by atoms with Gasteiger partial charge in [0.2, 0.25) is 0 Å². The van der Waals surface area contributed by atoms with Gasteiger partial charge in [-0.2, -0.15) is 0 Å². The van der Waals surface area contributed by atoms with Crippen LogP contribution in [0.25, 0.3) is 0 Å². The van der Waals surface area contributed by atoms with Crippen LogP contribution in [0.2, 0.25) is 0 Å². The third kappa shape index (κ3) is 1.27. The molecular weight excluding hydrogens is 150 g/mol. The zero-order valence-corrected chi connectivity index (χ0v) is 8.47. The summed E-state index contributed by atoms with van der Waals surface area (Å²) in [5, 5.41) is 0. The molecule has 0 aromatic carbocycles. The monoisotopic (exact) mass is 171 g/mol. The number of rotatable bonds is 4. The van der Waals surface area contributed by atoms with Crippen LogP contribution in [0.3, 0.4) is 0 Å². The Hall–Kier alpha value is -0.0800. The van der Waals surface area contributed by atoms with E-state index in [0.717, 1.165) is 25.9 Å². The summed E-state index contributed by atoms with van der Waals surface area (Å²) in [6, 6.07) is 0.365. The zero-order chi connectivity index (χ0) is 9.19. The first-order valence-electron chi connectivity index (χ1n) is 5.08. The second-order valence-electron chi connectivity index (χ2n) is 3.73. The molecule has 2 heteroatoms. The molecule has 1 saturated carbocycles. The molecule has 1 aliphatic rings. The van der Waals surface area contributed by atoms with Crippen molar-refractivity contribution in [1.82, 2.24) is 0 Å². The van der Waals surface area contributed by atoms with Gasteiger partial charge in [0.1, 0.15) is 0 Å². The molecule has 72 valence electrons. The number of nitrogens with two attached hydrogens (primary N) is 1. The molecule has 0 aliphatic heterocycles. The summed E-state index contributed by atoms with van der Waals surface area (Å²) >= 11 is 0. The average molecular weight is 171 g/mol. The van der Waals surface area contributed by atoms with E-state index in [9.17, 15) is 0 Å². The van der Waals surface area contributed by atoms with Crippen LogP contribution < -0.4 is 5.73 Å². The maximum atomic E-state index is 6.02. The van der Waals surface area contributed by atoms with Gasteiger partial charge in [-0.05, 0) is 26.2 Å². The third-order valence-corrected chi connectivity index (χ3v) is 3.53. The quantitative estimate of drug-likeness (QED) is 0.701. The zero-order valence-electron chi connectivity index (χ0n) is 8.47. The summed E-state index contributed by atoms with van der Waals surface area (Å²) < 4.78 is 5.67. The van der Waals surface area contributed by atoms with Crippen molar-refractivity contribution < 1.29 is 4.74 Å². The van der Waals surface area contributed by atoms with E-state index in [1.807, 2.05) is 0 Å². The predicted molar refractivity (Wildman–Crippen MR) is 51.0 cm³/mol. The summed E-state index contributed by atoms with van der Waals surface area (Å²) in [4.78, 5) is 0. The topological polar surface area (TPSA) is 35.2 Å². The van der Waals surface area contributed by atoms with Crippen molar-refractivity contribution in [2.75, 3.05) is 6.61 Å². The van der Waals surface area contributed by atoms with Crippen LogP contribution in [0, 0.1) is 5.41 Å². The van der Waals surface area contributed by atoms with Crippen molar-refractivity contribution in [1.29, 1.82) is 0 Å². The third-order valence-electron chi connectivity index (χ3n) is 3.53. The first-order valence-corrected chi connectivity index (χ1v) is 5.08. The van der Waals surface area contributed by atoms with E-state index in [4.69, 9.17) is 10.5 Å². The molecule has 0 amide bonds. The Morgan fingerprint density at radius 1 is 1.33 bits per heavy atom. The van der Waals surface area contributed by atoms with Gasteiger partial charge in [-0.1, -0.05) is 13.8 Å². The Morgan fingerprint density at radius 2 is 1.92 bits per heavy atom. The van der Waals surface area contributed by atoms with Gasteiger partial charge in [0.05, 0.1) is 6.10 Å². The molecule has 2 unspecified atom stereocenters. The molecule has 2 atom stereocenters. The Labute approximate surface area is 75.5 Å². The fourth-order valence-electron chi connectivity index (χ4n) is 2.44. The second kappa shape index (κ2) is 3.75. The second-order valence-corrected chi connectivity index (χ2v) is 3.73. The lowest BCUT2D eigenvalue weighted by Gasteiger charge is -2.53. The standard InChI is InChI=1S/C10H21NO/c1-4-10(5-2)8(11)7-9(10)12-6-3/h8-9H,4-7,11H2,1-3H3. The summed E-state index contributed by atoms with van der Waals surface area (Å²) in [5.74, 6) is 0. The van der Waals surface area contributed by atoms with Gasteiger partial charge in [0, 0.05) is 18.1 Å². The minimum absolute atomic E-state index is 0.288. The minimum atomic E-state index is 0.288. The Bertz CT molecular complexity index is 141. The highest BCUT2D eigenvalue weighted by Gasteiger charge is 2.51. The molecule has 1 aliphatic carbocycles.